The fourth-order valence-corrected chi connectivity index (χ4v) is 5.34. The molecule has 3 atom stereocenters. The minimum Gasteiger partial charge on any atom is -0.475 e. The first kappa shape index (κ1) is 30.0. The van der Waals surface area contributed by atoms with Crippen molar-refractivity contribution in [2.75, 3.05) is 19.7 Å². The van der Waals surface area contributed by atoms with E-state index in [1.54, 1.807) is 23.1 Å². The third-order valence-electron chi connectivity index (χ3n) is 7.15. The lowest BCUT2D eigenvalue weighted by atomic mass is 9.84. The molecule has 2 aromatic carbocycles. The van der Waals surface area contributed by atoms with E-state index in [0.717, 1.165) is 32.2 Å². The molecular weight excluding hydrogens is 522 g/mol. The minimum absolute atomic E-state index is 0.281. The van der Waals surface area contributed by atoms with Crippen LogP contribution in [0.3, 0.4) is 0 Å². The van der Waals surface area contributed by atoms with Crippen LogP contribution >= 0.6 is 0 Å². The molecule has 2 aliphatic rings. The maximum absolute atomic E-state index is 13.5. The molecule has 0 aromatic heterocycles. The van der Waals surface area contributed by atoms with Crippen LogP contribution < -0.4 is 5.73 Å². The fourth-order valence-electron chi connectivity index (χ4n) is 5.34. The normalized spacial score (nSPS) is 20.6. The van der Waals surface area contributed by atoms with Crippen molar-refractivity contribution in [2.45, 2.75) is 56.4 Å². The van der Waals surface area contributed by atoms with Gasteiger partial charge in [-0.05, 0) is 67.0 Å². The molecule has 212 valence electrons. The number of nitrogens with two attached hydrogens (primary N) is 1. The number of carbonyl (C=O) groups excluding carboxylic acids is 2. The number of benzene rings is 2. The van der Waals surface area contributed by atoms with Crippen LogP contribution in [0.2, 0.25) is 0 Å². The number of carboxylic acids is 1. The van der Waals surface area contributed by atoms with Crippen LogP contribution in [0, 0.1) is 5.82 Å². The third-order valence-corrected chi connectivity index (χ3v) is 7.15. The van der Waals surface area contributed by atoms with Gasteiger partial charge in [-0.15, -0.1) is 0 Å². The maximum atomic E-state index is 13.5. The average Bonchev–Trinajstić information content (AvgIpc) is 3.12. The second-order valence-corrected chi connectivity index (χ2v) is 9.69. The Labute approximate surface area is 223 Å². The van der Waals surface area contributed by atoms with Gasteiger partial charge in [0, 0.05) is 37.3 Å². The summed E-state index contributed by atoms with van der Waals surface area (Å²) in [5.74, 6) is -3.45. The first-order valence-electron chi connectivity index (χ1n) is 12.5. The van der Waals surface area contributed by atoms with Gasteiger partial charge in [0.1, 0.15) is 12.4 Å². The summed E-state index contributed by atoms with van der Waals surface area (Å²) in [6.45, 7) is 0.943. The highest BCUT2D eigenvalue weighted by molar-refractivity contribution is 5.92. The van der Waals surface area contributed by atoms with Gasteiger partial charge in [0.2, 0.25) is 11.8 Å². The number of nitrogens with zero attached hydrogens (tertiary/aromatic N) is 2. The van der Waals surface area contributed by atoms with Gasteiger partial charge in [0.15, 0.2) is 0 Å². The van der Waals surface area contributed by atoms with Crippen molar-refractivity contribution < 1.29 is 42.2 Å². The van der Waals surface area contributed by atoms with Gasteiger partial charge in [-0.1, -0.05) is 24.3 Å². The lowest BCUT2D eigenvalue weighted by Gasteiger charge is -2.40. The van der Waals surface area contributed by atoms with Gasteiger partial charge in [-0.2, -0.15) is 13.2 Å². The highest BCUT2D eigenvalue weighted by atomic mass is 19.4. The molecule has 0 saturated carbocycles. The number of fused-ring (bicyclic) bond motifs is 2. The zero-order chi connectivity index (χ0) is 28.7. The Bertz CT molecular complexity index is 1160. The fraction of sp³-hybridized carbons (Fsp3) is 0.444. The molecule has 0 aliphatic carbocycles. The summed E-state index contributed by atoms with van der Waals surface area (Å²) in [6, 6.07) is 14.7. The van der Waals surface area contributed by atoms with Crippen molar-refractivity contribution in [3.63, 3.8) is 0 Å². The van der Waals surface area contributed by atoms with Gasteiger partial charge in [0.05, 0.1) is 0 Å². The first-order valence-corrected chi connectivity index (χ1v) is 12.5. The number of carboxylic acid groups (broad SMARTS) is 1. The SMILES string of the molecule is NC(=O)c1cccc(C2C[C@H]3CC[C@@H](C2)N3CCN(Cc2cccc(F)c2)C(=O)CO)c1.O=C(O)C(F)(F)F. The largest absolute Gasteiger partial charge is 0.490 e. The van der Waals surface area contributed by atoms with Crippen molar-refractivity contribution in [1.29, 1.82) is 0 Å². The zero-order valence-corrected chi connectivity index (χ0v) is 21.1. The summed E-state index contributed by atoms with van der Waals surface area (Å²) in [6.07, 6.45) is -0.823. The number of carbonyl (C=O) groups is 3. The number of halogens is 4. The number of piperidine rings is 1. The zero-order valence-electron chi connectivity index (χ0n) is 21.1. The van der Waals surface area contributed by atoms with E-state index in [0.29, 0.717) is 35.7 Å². The Hall–Kier alpha value is -3.51. The van der Waals surface area contributed by atoms with Crippen LogP contribution in [0.15, 0.2) is 48.5 Å². The maximum Gasteiger partial charge on any atom is 0.490 e. The van der Waals surface area contributed by atoms with Gasteiger partial charge < -0.3 is 20.8 Å². The molecule has 0 spiro atoms. The molecule has 4 N–H and O–H groups in total. The first-order chi connectivity index (χ1) is 18.4. The van der Waals surface area contributed by atoms with Gasteiger partial charge >= 0.3 is 12.1 Å². The smallest absolute Gasteiger partial charge is 0.475 e. The predicted molar refractivity (Wildman–Crippen MR) is 133 cm³/mol. The van der Waals surface area contributed by atoms with Gasteiger partial charge in [-0.25, -0.2) is 9.18 Å². The van der Waals surface area contributed by atoms with E-state index >= 15 is 0 Å². The summed E-state index contributed by atoms with van der Waals surface area (Å²) in [5.41, 5.74) is 7.88. The van der Waals surface area contributed by atoms with E-state index < -0.39 is 24.7 Å². The summed E-state index contributed by atoms with van der Waals surface area (Å²) in [7, 11) is 0. The Morgan fingerprint density at radius 2 is 1.64 bits per heavy atom. The third kappa shape index (κ3) is 8.24. The number of aliphatic hydroxyl groups is 1. The topological polar surface area (TPSA) is 124 Å². The van der Waals surface area contributed by atoms with Crippen molar-refractivity contribution in [1.82, 2.24) is 9.80 Å². The molecule has 2 aliphatic heterocycles. The van der Waals surface area contributed by atoms with E-state index in [9.17, 15) is 32.3 Å². The summed E-state index contributed by atoms with van der Waals surface area (Å²) in [5, 5.41) is 16.5. The molecule has 8 nitrogen and oxygen atoms in total. The van der Waals surface area contributed by atoms with Crippen LogP contribution in [-0.4, -0.2) is 75.8 Å². The average molecular weight is 554 g/mol. The summed E-state index contributed by atoms with van der Waals surface area (Å²) >= 11 is 0. The van der Waals surface area contributed by atoms with E-state index in [1.807, 2.05) is 12.1 Å². The second kappa shape index (κ2) is 13.0. The molecule has 2 saturated heterocycles. The molecular formula is C27H31F4N3O5. The molecule has 2 fully saturated rings. The van der Waals surface area contributed by atoms with Crippen molar-refractivity contribution in [2.24, 2.45) is 5.73 Å². The standard InChI is InChI=1S/C25H30FN3O3.C2HF3O2/c26-21-6-1-3-17(11-21)15-28(24(31)16-30)9-10-29-22-7-8-23(29)14-20(13-22)18-4-2-5-19(12-18)25(27)32;3-2(4,5)1(6)7/h1-6,11-12,20,22-23,30H,7-10,13-16H2,(H2,27,32);(H,6,7)/t20?,22-,23+;. The van der Waals surface area contributed by atoms with Crippen LogP contribution in [0.25, 0.3) is 0 Å². The number of aliphatic carboxylic acids is 1. The summed E-state index contributed by atoms with van der Waals surface area (Å²) < 4.78 is 45.3. The van der Waals surface area contributed by atoms with Crippen LogP contribution in [0.5, 0.6) is 0 Å². The molecule has 2 aromatic rings. The molecule has 12 heteroatoms. The number of primary amides is 1. The molecule has 2 bridgehead atoms. The van der Waals surface area contributed by atoms with Crippen LogP contribution in [-0.2, 0) is 16.1 Å². The number of alkyl halides is 3. The van der Waals surface area contributed by atoms with Crippen LogP contribution in [0.4, 0.5) is 17.6 Å². The highest BCUT2D eigenvalue weighted by Gasteiger charge is 2.41. The Morgan fingerprint density at radius 1 is 1.03 bits per heavy atom. The van der Waals surface area contributed by atoms with E-state index in [-0.39, 0.29) is 18.3 Å². The van der Waals surface area contributed by atoms with E-state index in [2.05, 4.69) is 11.0 Å². The van der Waals surface area contributed by atoms with E-state index in [4.69, 9.17) is 15.6 Å². The molecule has 39 heavy (non-hydrogen) atoms. The molecule has 4 rings (SSSR count). The van der Waals surface area contributed by atoms with Gasteiger partial charge in [-0.3, -0.25) is 14.5 Å². The minimum atomic E-state index is -5.08. The number of hydrogen-bond acceptors (Lipinski definition) is 5. The highest BCUT2D eigenvalue weighted by Crippen LogP contribution is 2.43. The molecule has 1 unspecified atom stereocenters. The summed E-state index contributed by atoms with van der Waals surface area (Å²) in [4.78, 5) is 36.8. The Kier molecular flexibility index (Phi) is 10.0. The Morgan fingerprint density at radius 3 is 2.18 bits per heavy atom. The monoisotopic (exact) mass is 553 g/mol. The van der Waals surface area contributed by atoms with Crippen molar-refractivity contribution >= 4 is 17.8 Å². The number of rotatable bonds is 8. The second-order valence-electron chi connectivity index (χ2n) is 9.69. The van der Waals surface area contributed by atoms with Crippen LogP contribution in [0.1, 0.15) is 53.1 Å². The molecule has 0 radical (unpaired) electrons. The number of amides is 2. The van der Waals surface area contributed by atoms with Crippen molar-refractivity contribution in [3.05, 3.63) is 71.0 Å². The van der Waals surface area contributed by atoms with E-state index in [1.165, 1.54) is 17.7 Å². The quantitative estimate of drug-likeness (QED) is 0.431. The predicted octanol–water partition coefficient (Wildman–Crippen LogP) is 3.29. The molecule has 2 amide bonds. The number of aliphatic hydroxyl groups excluding tert-OH is 1. The van der Waals surface area contributed by atoms with Crippen molar-refractivity contribution in [3.8, 4) is 0 Å². The Balaban J connectivity index is 0.000000532. The molecule has 2 heterocycles. The number of hydrogen-bond donors (Lipinski definition) is 3. The lowest BCUT2D eigenvalue weighted by molar-refractivity contribution is -0.192. The lowest BCUT2D eigenvalue weighted by Crippen LogP contribution is -2.47. The van der Waals surface area contributed by atoms with Gasteiger partial charge in [0.25, 0.3) is 0 Å².